The Balaban J connectivity index is 2.40. The zero-order chi connectivity index (χ0) is 19.3. The molecule has 0 radical (unpaired) electrons. The van der Waals surface area contributed by atoms with Gasteiger partial charge in [0.1, 0.15) is 12.1 Å². The van der Waals surface area contributed by atoms with Crippen molar-refractivity contribution in [1.82, 2.24) is 5.32 Å². The van der Waals surface area contributed by atoms with Gasteiger partial charge < -0.3 is 5.11 Å². The van der Waals surface area contributed by atoms with Crippen molar-refractivity contribution in [3.05, 3.63) is 70.7 Å². The molecule has 0 fully saturated rings. The maximum absolute atomic E-state index is 12.9. The molecule has 26 heavy (non-hydrogen) atoms. The second-order valence-electron chi connectivity index (χ2n) is 6.26. The summed E-state index contributed by atoms with van der Waals surface area (Å²) in [6.07, 6.45) is 0. The lowest BCUT2D eigenvalue weighted by molar-refractivity contribution is -0.140. The topological polar surface area (TPSA) is 83.5 Å². The van der Waals surface area contributed by atoms with Crippen LogP contribution in [0.3, 0.4) is 0 Å². The van der Waals surface area contributed by atoms with E-state index in [2.05, 4.69) is 5.32 Å². The van der Waals surface area contributed by atoms with Gasteiger partial charge >= 0.3 is 5.97 Å². The number of nitrogens with one attached hydrogen (secondary N) is 1. The van der Waals surface area contributed by atoms with Gasteiger partial charge in [-0.25, -0.2) is 0 Å². The number of Topliss-reactive ketones (excluding diaryl/α,β-unsaturated/α-hetero) is 2. The summed E-state index contributed by atoms with van der Waals surface area (Å²) in [6.45, 7) is 3.42. The first-order valence-electron chi connectivity index (χ1n) is 8.19. The van der Waals surface area contributed by atoms with E-state index in [-0.39, 0.29) is 11.5 Å². The molecule has 0 heterocycles. The molecule has 0 amide bonds. The predicted octanol–water partition coefficient (Wildman–Crippen LogP) is 3.47. The third kappa shape index (κ3) is 4.77. The first-order chi connectivity index (χ1) is 12.3. The zero-order valence-electron chi connectivity index (χ0n) is 14.5. The molecular formula is C20H20ClNO4. The molecule has 0 spiro atoms. The molecular weight excluding hydrogens is 354 g/mol. The number of aliphatic carboxylic acids is 1. The van der Waals surface area contributed by atoms with Crippen LogP contribution in [0.15, 0.2) is 54.6 Å². The fraction of sp³-hybridized carbons (Fsp3) is 0.250. The summed E-state index contributed by atoms with van der Waals surface area (Å²) in [6, 6.07) is 12.1. The molecule has 2 N–H and O–H groups in total. The number of carboxylic acid groups (broad SMARTS) is 1. The summed E-state index contributed by atoms with van der Waals surface area (Å²) in [4.78, 5) is 37.4. The Hall–Kier alpha value is -2.50. The molecule has 2 rings (SSSR count). The SMILES string of the molecule is CC(C)C(NC(C(=O)c1ccccc1)C(=O)c1ccc(Cl)cc1)C(=O)O. The Labute approximate surface area is 157 Å². The van der Waals surface area contributed by atoms with Crippen LogP contribution in [0.1, 0.15) is 34.6 Å². The molecule has 0 saturated carbocycles. The number of rotatable bonds is 8. The lowest BCUT2D eigenvalue weighted by Gasteiger charge is -2.24. The third-order valence-electron chi connectivity index (χ3n) is 3.99. The van der Waals surface area contributed by atoms with Crippen LogP contribution in [0, 0.1) is 5.92 Å². The molecule has 2 aromatic carbocycles. The van der Waals surface area contributed by atoms with Gasteiger partial charge in [0, 0.05) is 16.1 Å². The molecule has 6 heteroatoms. The second kappa shape index (κ2) is 8.74. The minimum atomic E-state index is -1.30. The zero-order valence-corrected chi connectivity index (χ0v) is 15.2. The van der Waals surface area contributed by atoms with E-state index in [4.69, 9.17) is 11.6 Å². The molecule has 2 atom stereocenters. The molecule has 0 aliphatic rings. The van der Waals surface area contributed by atoms with Crippen molar-refractivity contribution in [2.45, 2.75) is 25.9 Å². The number of benzene rings is 2. The van der Waals surface area contributed by atoms with Crippen LogP contribution in [-0.2, 0) is 4.79 Å². The summed E-state index contributed by atoms with van der Waals surface area (Å²) in [5.41, 5.74) is 0.615. The van der Waals surface area contributed by atoms with Crippen molar-refractivity contribution in [3.63, 3.8) is 0 Å². The summed E-state index contributed by atoms with van der Waals surface area (Å²) in [5, 5.41) is 12.6. The Kier molecular flexibility index (Phi) is 6.66. The van der Waals surface area contributed by atoms with Crippen LogP contribution >= 0.6 is 11.6 Å². The summed E-state index contributed by atoms with van der Waals surface area (Å²) in [7, 11) is 0. The van der Waals surface area contributed by atoms with Gasteiger partial charge in [-0.2, -0.15) is 0 Å². The van der Waals surface area contributed by atoms with E-state index in [0.29, 0.717) is 10.6 Å². The highest BCUT2D eigenvalue weighted by molar-refractivity contribution is 6.30. The fourth-order valence-electron chi connectivity index (χ4n) is 2.55. The average molecular weight is 374 g/mol. The van der Waals surface area contributed by atoms with E-state index in [1.54, 1.807) is 56.3 Å². The van der Waals surface area contributed by atoms with Gasteiger partial charge in [-0.1, -0.05) is 55.8 Å². The quantitative estimate of drug-likeness (QED) is 0.546. The number of hydrogen-bond donors (Lipinski definition) is 2. The van der Waals surface area contributed by atoms with Gasteiger partial charge in [0.15, 0.2) is 11.6 Å². The van der Waals surface area contributed by atoms with Gasteiger partial charge in [0.05, 0.1) is 0 Å². The van der Waals surface area contributed by atoms with E-state index in [1.165, 1.54) is 12.1 Å². The number of carbonyl (C=O) groups is 3. The van der Waals surface area contributed by atoms with Crippen molar-refractivity contribution in [2.24, 2.45) is 5.92 Å². The summed E-state index contributed by atoms with van der Waals surface area (Å²) < 4.78 is 0. The second-order valence-corrected chi connectivity index (χ2v) is 6.70. The summed E-state index contributed by atoms with van der Waals surface area (Å²) >= 11 is 5.85. The van der Waals surface area contributed by atoms with E-state index in [9.17, 15) is 19.5 Å². The molecule has 0 aliphatic carbocycles. The van der Waals surface area contributed by atoms with Crippen LogP contribution in [0.25, 0.3) is 0 Å². The van der Waals surface area contributed by atoms with Crippen molar-refractivity contribution in [3.8, 4) is 0 Å². The molecule has 0 bridgehead atoms. The van der Waals surface area contributed by atoms with E-state index in [1.807, 2.05) is 0 Å². The van der Waals surface area contributed by atoms with Crippen LogP contribution in [0.5, 0.6) is 0 Å². The fourth-order valence-corrected chi connectivity index (χ4v) is 2.67. The van der Waals surface area contributed by atoms with Crippen molar-refractivity contribution < 1.29 is 19.5 Å². The molecule has 0 aromatic heterocycles. The highest BCUT2D eigenvalue weighted by Crippen LogP contribution is 2.15. The maximum atomic E-state index is 12.9. The van der Waals surface area contributed by atoms with E-state index in [0.717, 1.165) is 0 Å². The maximum Gasteiger partial charge on any atom is 0.320 e. The van der Waals surface area contributed by atoms with Crippen LogP contribution in [0.2, 0.25) is 5.02 Å². The normalized spacial score (nSPS) is 13.2. The van der Waals surface area contributed by atoms with Gasteiger partial charge in [-0.3, -0.25) is 19.7 Å². The van der Waals surface area contributed by atoms with Crippen LogP contribution in [-0.4, -0.2) is 34.7 Å². The monoisotopic (exact) mass is 373 g/mol. The highest BCUT2D eigenvalue weighted by Gasteiger charge is 2.34. The minimum absolute atomic E-state index is 0.282. The third-order valence-corrected chi connectivity index (χ3v) is 4.24. The van der Waals surface area contributed by atoms with E-state index >= 15 is 0 Å². The van der Waals surface area contributed by atoms with Crippen LogP contribution < -0.4 is 5.32 Å². The minimum Gasteiger partial charge on any atom is -0.480 e. The van der Waals surface area contributed by atoms with Gasteiger partial charge in [-0.05, 0) is 30.2 Å². The molecule has 5 nitrogen and oxygen atoms in total. The summed E-state index contributed by atoms with van der Waals surface area (Å²) in [5.74, 6) is -2.40. The Morgan fingerprint density at radius 3 is 1.85 bits per heavy atom. The smallest absolute Gasteiger partial charge is 0.320 e. The van der Waals surface area contributed by atoms with Crippen molar-refractivity contribution in [1.29, 1.82) is 0 Å². The lowest BCUT2D eigenvalue weighted by atomic mass is 9.94. The van der Waals surface area contributed by atoms with Crippen LogP contribution in [0.4, 0.5) is 0 Å². The number of hydrogen-bond acceptors (Lipinski definition) is 4. The Morgan fingerprint density at radius 1 is 0.885 bits per heavy atom. The van der Waals surface area contributed by atoms with Gasteiger partial charge in [-0.15, -0.1) is 0 Å². The predicted molar refractivity (Wildman–Crippen MR) is 99.7 cm³/mol. The number of ketones is 2. The number of carboxylic acids is 1. The average Bonchev–Trinajstić information content (AvgIpc) is 2.62. The Bertz CT molecular complexity index is 787. The molecule has 0 saturated heterocycles. The first kappa shape index (κ1) is 19.8. The number of carbonyl (C=O) groups excluding carboxylic acids is 2. The Morgan fingerprint density at radius 2 is 1.38 bits per heavy atom. The highest BCUT2D eigenvalue weighted by atomic mass is 35.5. The standard InChI is InChI=1S/C20H20ClNO4/c1-12(2)16(20(25)26)22-17(18(23)13-6-4-3-5-7-13)19(24)14-8-10-15(21)11-9-14/h3-12,16-17,22H,1-2H3,(H,25,26). The lowest BCUT2D eigenvalue weighted by Crippen LogP contribution is -2.53. The molecule has 2 aromatic rings. The van der Waals surface area contributed by atoms with Crippen molar-refractivity contribution >= 4 is 29.1 Å². The van der Waals surface area contributed by atoms with Gasteiger partial charge in [0.25, 0.3) is 0 Å². The first-order valence-corrected chi connectivity index (χ1v) is 8.57. The number of halogens is 1. The molecule has 136 valence electrons. The molecule has 0 aliphatic heterocycles. The largest absolute Gasteiger partial charge is 0.480 e. The van der Waals surface area contributed by atoms with E-state index < -0.39 is 29.6 Å². The van der Waals surface area contributed by atoms with Gasteiger partial charge in [0.2, 0.25) is 0 Å². The van der Waals surface area contributed by atoms with Crippen molar-refractivity contribution in [2.75, 3.05) is 0 Å². The molecule has 2 unspecified atom stereocenters.